The van der Waals surface area contributed by atoms with Crippen LogP contribution >= 0.6 is 15.9 Å². The van der Waals surface area contributed by atoms with Gasteiger partial charge in [0.1, 0.15) is 0 Å². The highest BCUT2D eigenvalue weighted by molar-refractivity contribution is 9.11. The van der Waals surface area contributed by atoms with Crippen molar-refractivity contribution in [2.45, 2.75) is 4.90 Å². The molecule has 0 amide bonds. The van der Waals surface area contributed by atoms with Crippen LogP contribution in [0.15, 0.2) is 45.6 Å². The minimum atomic E-state index is -3.24. The average molecular weight is 247 g/mol. The van der Waals surface area contributed by atoms with Crippen LogP contribution in [-0.4, -0.2) is 8.42 Å². The maximum Gasteiger partial charge on any atom is 0.200 e. The lowest BCUT2D eigenvalue weighted by Crippen LogP contribution is -1.94. The Bertz CT molecular complexity index is 367. The molecule has 0 saturated heterocycles. The quantitative estimate of drug-likeness (QED) is 0.803. The predicted molar refractivity (Wildman–Crippen MR) is 51.7 cm³/mol. The van der Waals surface area contributed by atoms with Crippen LogP contribution in [0.3, 0.4) is 0 Å². The van der Waals surface area contributed by atoms with E-state index in [1.807, 2.05) is 0 Å². The average Bonchev–Trinajstić information content (AvgIpc) is 2.06. The summed E-state index contributed by atoms with van der Waals surface area (Å²) in [5.74, 6) is 0. The molecule has 1 aromatic carbocycles. The molecule has 0 spiro atoms. The Morgan fingerprint density at radius 3 is 2.25 bits per heavy atom. The third-order valence-corrected chi connectivity index (χ3v) is 3.34. The van der Waals surface area contributed by atoms with Gasteiger partial charge in [-0.05, 0) is 17.1 Å². The monoisotopic (exact) mass is 246 g/mol. The largest absolute Gasteiger partial charge is 0.219 e. The van der Waals surface area contributed by atoms with Crippen LogP contribution in [0.4, 0.5) is 0 Å². The van der Waals surface area contributed by atoms with Gasteiger partial charge >= 0.3 is 0 Å². The molecule has 0 atom stereocenters. The van der Waals surface area contributed by atoms with Gasteiger partial charge in [-0.1, -0.05) is 34.1 Å². The summed E-state index contributed by atoms with van der Waals surface area (Å²) in [6.45, 7) is 0. The molecule has 64 valence electrons. The molecule has 1 rings (SSSR count). The number of rotatable bonds is 2. The number of benzene rings is 1. The van der Waals surface area contributed by atoms with Crippen molar-refractivity contribution < 1.29 is 8.42 Å². The zero-order valence-corrected chi connectivity index (χ0v) is 8.55. The topological polar surface area (TPSA) is 34.1 Å². The zero-order valence-electron chi connectivity index (χ0n) is 6.14. The number of hydrogen-bond donors (Lipinski definition) is 0. The molecule has 12 heavy (non-hydrogen) atoms. The predicted octanol–water partition coefficient (Wildman–Crippen LogP) is 2.33. The van der Waals surface area contributed by atoms with Gasteiger partial charge in [0.15, 0.2) is 9.84 Å². The summed E-state index contributed by atoms with van der Waals surface area (Å²) in [7, 11) is -3.24. The number of sulfone groups is 1. The van der Waals surface area contributed by atoms with E-state index >= 15 is 0 Å². The molecule has 0 bridgehead atoms. The summed E-state index contributed by atoms with van der Waals surface area (Å²) in [5.41, 5.74) is 0. The third kappa shape index (κ3) is 2.19. The molecule has 0 aromatic heterocycles. The number of halogens is 1. The van der Waals surface area contributed by atoms with Gasteiger partial charge < -0.3 is 0 Å². The van der Waals surface area contributed by atoms with E-state index in [0.717, 1.165) is 5.41 Å². The smallest absolute Gasteiger partial charge is 0.200 e. The minimum absolute atomic E-state index is 0.306. The fraction of sp³-hybridized carbons (Fsp3) is 0. The van der Waals surface area contributed by atoms with E-state index in [0.29, 0.717) is 4.90 Å². The maximum atomic E-state index is 11.3. The molecule has 0 N–H and O–H groups in total. The third-order valence-electron chi connectivity index (χ3n) is 1.30. The van der Waals surface area contributed by atoms with E-state index in [2.05, 4.69) is 15.9 Å². The summed E-state index contributed by atoms with van der Waals surface area (Å²) < 4.78 is 22.6. The van der Waals surface area contributed by atoms with Crippen molar-refractivity contribution >= 4 is 25.8 Å². The van der Waals surface area contributed by atoms with Crippen molar-refractivity contribution in [2.24, 2.45) is 0 Å². The van der Waals surface area contributed by atoms with Gasteiger partial charge in [0.25, 0.3) is 0 Å². The van der Waals surface area contributed by atoms with E-state index in [9.17, 15) is 8.42 Å². The lowest BCUT2D eigenvalue weighted by Gasteiger charge is -1.95. The van der Waals surface area contributed by atoms with Gasteiger partial charge in [-0.2, -0.15) is 0 Å². The standard InChI is InChI=1S/C8H7BrO2S/c9-6-7-12(10,11)8-4-2-1-3-5-8/h1-7H. The second kappa shape index (κ2) is 3.87. The van der Waals surface area contributed by atoms with Crippen molar-refractivity contribution in [3.8, 4) is 0 Å². The molecule has 0 radical (unpaired) electrons. The van der Waals surface area contributed by atoms with Crippen molar-refractivity contribution in [3.63, 3.8) is 0 Å². The molecule has 0 aliphatic heterocycles. The molecule has 4 heteroatoms. The Hall–Kier alpha value is -0.610. The van der Waals surface area contributed by atoms with E-state index in [4.69, 9.17) is 0 Å². The van der Waals surface area contributed by atoms with Gasteiger partial charge in [0.2, 0.25) is 0 Å². The van der Waals surface area contributed by atoms with E-state index < -0.39 is 9.84 Å². The van der Waals surface area contributed by atoms with Crippen LogP contribution in [0, 0.1) is 0 Å². The highest BCUT2D eigenvalue weighted by Gasteiger charge is 2.07. The summed E-state index contributed by atoms with van der Waals surface area (Å²) in [6, 6.07) is 8.27. The van der Waals surface area contributed by atoms with Crippen LogP contribution in [0.5, 0.6) is 0 Å². The minimum Gasteiger partial charge on any atom is -0.219 e. The van der Waals surface area contributed by atoms with Crippen LogP contribution in [0.1, 0.15) is 0 Å². The van der Waals surface area contributed by atoms with Crippen molar-refractivity contribution in [3.05, 3.63) is 40.7 Å². The first-order valence-electron chi connectivity index (χ1n) is 3.24. The fourth-order valence-electron chi connectivity index (χ4n) is 0.756. The summed E-state index contributed by atoms with van der Waals surface area (Å²) in [5, 5.41) is 1.11. The van der Waals surface area contributed by atoms with Gasteiger partial charge in [-0.25, -0.2) is 8.42 Å². The normalized spacial score (nSPS) is 12.1. The van der Waals surface area contributed by atoms with Crippen molar-refractivity contribution in [2.75, 3.05) is 0 Å². The molecule has 0 saturated carbocycles. The Kier molecular flexibility index (Phi) is 3.05. The lowest BCUT2D eigenvalue weighted by atomic mass is 10.4. The van der Waals surface area contributed by atoms with Gasteiger partial charge in [-0.15, -0.1) is 0 Å². The summed E-state index contributed by atoms with van der Waals surface area (Å²) in [4.78, 5) is 1.63. The van der Waals surface area contributed by atoms with Crippen LogP contribution < -0.4 is 0 Å². The van der Waals surface area contributed by atoms with E-state index in [-0.39, 0.29) is 0 Å². The molecule has 2 nitrogen and oxygen atoms in total. The van der Waals surface area contributed by atoms with Crippen molar-refractivity contribution in [1.29, 1.82) is 0 Å². The van der Waals surface area contributed by atoms with E-state index in [1.54, 1.807) is 30.3 Å². The molecule has 0 fully saturated rings. The van der Waals surface area contributed by atoms with Crippen LogP contribution in [0.2, 0.25) is 0 Å². The second-order valence-corrected chi connectivity index (χ2v) is 4.48. The van der Waals surface area contributed by atoms with Crippen molar-refractivity contribution in [1.82, 2.24) is 0 Å². The fourth-order valence-corrected chi connectivity index (χ4v) is 2.44. The summed E-state index contributed by atoms with van der Waals surface area (Å²) in [6.07, 6.45) is 0. The van der Waals surface area contributed by atoms with Gasteiger partial charge in [0, 0.05) is 5.41 Å². The first-order valence-corrected chi connectivity index (χ1v) is 5.70. The molecule has 0 heterocycles. The molecular weight excluding hydrogens is 240 g/mol. The molecule has 0 aliphatic carbocycles. The molecule has 0 unspecified atom stereocenters. The van der Waals surface area contributed by atoms with Gasteiger partial charge in [0.05, 0.1) is 4.90 Å². The Labute approximate surface area is 80.0 Å². The highest BCUT2D eigenvalue weighted by atomic mass is 79.9. The first kappa shape index (κ1) is 9.48. The Balaban J connectivity index is 3.16. The van der Waals surface area contributed by atoms with E-state index in [1.165, 1.54) is 4.99 Å². The Morgan fingerprint density at radius 2 is 1.75 bits per heavy atom. The summed E-state index contributed by atoms with van der Waals surface area (Å²) >= 11 is 2.92. The SMILES string of the molecule is O=S(=O)(C=CBr)c1ccccc1. The lowest BCUT2D eigenvalue weighted by molar-refractivity contribution is 0.604. The molecule has 0 aliphatic rings. The highest BCUT2D eigenvalue weighted by Crippen LogP contribution is 2.11. The van der Waals surface area contributed by atoms with Crippen LogP contribution in [-0.2, 0) is 9.84 Å². The molecule has 1 aromatic rings. The first-order chi connectivity index (χ1) is 5.67. The molecular formula is C8H7BrO2S. The maximum absolute atomic E-state index is 11.3. The van der Waals surface area contributed by atoms with Crippen LogP contribution in [0.25, 0.3) is 0 Å². The second-order valence-electron chi connectivity index (χ2n) is 2.12. The van der Waals surface area contributed by atoms with Gasteiger partial charge in [-0.3, -0.25) is 0 Å². The number of hydrogen-bond acceptors (Lipinski definition) is 2. The zero-order chi connectivity index (χ0) is 9.03. The Morgan fingerprint density at radius 1 is 1.17 bits per heavy atom.